The highest BCUT2D eigenvalue weighted by atomic mass is 35.5. The van der Waals surface area contributed by atoms with Gasteiger partial charge in [0.15, 0.2) is 6.10 Å². The number of piperidine rings is 1. The number of nitrogens with zero attached hydrogens (tertiary/aromatic N) is 1. The molecule has 0 aromatic heterocycles. The Bertz CT molecular complexity index is 909. The molecule has 1 unspecified atom stereocenters. The molecule has 1 aromatic carbocycles. The maximum atomic E-state index is 12.7. The number of ether oxygens (including phenoxy) is 2. The second kappa shape index (κ2) is 8.41. The highest BCUT2D eigenvalue weighted by Crippen LogP contribution is 2.42. The van der Waals surface area contributed by atoms with Crippen LogP contribution in [-0.4, -0.2) is 79.5 Å². The van der Waals surface area contributed by atoms with Gasteiger partial charge in [0.1, 0.15) is 12.4 Å². The third kappa shape index (κ3) is 4.29. The second-order valence-electron chi connectivity index (χ2n) is 6.63. The molecule has 2 heterocycles. The molecule has 2 saturated heterocycles. The summed E-state index contributed by atoms with van der Waals surface area (Å²) in [6.07, 6.45) is 0.573. The molecule has 0 bridgehead atoms. The van der Waals surface area contributed by atoms with Crippen LogP contribution in [0, 0.1) is 0 Å². The van der Waals surface area contributed by atoms with E-state index in [1.807, 2.05) is 0 Å². The lowest BCUT2D eigenvalue weighted by Crippen LogP contribution is -2.61. The summed E-state index contributed by atoms with van der Waals surface area (Å²) in [4.78, 5) is 14.4. The number of carbonyl (C=O) groups excluding carboxylic acids is 1. The minimum absolute atomic E-state index is 0.126. The zero-order valence-electron chi connectivity index (χ0n) is 15.3. The number of halogens is 2. The van der Waals surface area contributed by atoms with Crippen LogP contribution in [0.5, 0.6) is 5.75 Å². The molecule has 0 N–H and O–H groups in total. The maximum absolute atomic E-state index is 12.7. The Morgan fingerprint density at radius 1 is 1.36 bits per heavy atom. The third-order valence-electron chi connectivity index (χ3n) is 4.88. The van der Waals surface area contributed by atoms with Crippen molar-refractivity contribution in [1.82, 2.24) is 4.90 Å². The number of benzene rings is 1. The molecule has 2 aliphatic rings. The fraction of sp³-hybridized carbons (Fsp3) is 0.529. The van der Waals surface area contributed by atoms with Crippen molar-refractivity contribution in [2.75, 3.05) is 33.1 Å². The highest BCUT2D eigenvalue weighted by Gasteiger charge is 2.43. The van der Waals surface area contributed by atoms with Gasteiger partial charge in [-0.25, -0.2) is 0 Å². The fourth-order valence-electron chi connectivity index (χ4n) is 3.54. The van der Waals surface area contributed by atoms with Crippen LogP contribution >= 0.6 is 23.2 Å². The number of hydrogen-bond donors (Lipinski definition) is 0. The standard InChI is InChI=1S/C17H19Cl2NO6SSi/c1-24-12-4-3-10(18)15(19)14(12)9-5-6-20-11(16(9)28)7-25-13(17(20)21)8-26-27(2,22)23/h3-4,9,11,13H,5-8H2,1-2H3/t9-,11+,13?/m0/s1. The number of morpholine rings is 1. The van der Waals surface area contributed by atoms with Gasteiger partial charge in [-0.1, -0.05) is 28.4 Å². The molecule has 152 valence electrons. The van der Waals surface area contributed by atoms with E-state index in [1.165, 1.54) is 0 Å². The van der Waals surface area contributed by atoms with Crippen LogP contribution in [0.1, 0.15) is 17.9 Å². The van der Waals surface area contributed by atoms with Crippen molar-refractivity contribution in [1.29, 1.82) is 0 Å². The summed E-state index contributed by atoms with van der Waals surface area (Å²) in [5.41, 5.74) is 0.760. The Balaban J connectivity index is 1.81. The zero-order chi connectivity index (χ0) is 20.6. The first kappa shape index (κ1) is 21.7. The first-order valence-corrected chi connectivity index (χ1v) is 11.6. The first-order valence-electron chi connectivity index (χ1n) is 8.50. The molecule has 2 radical (unpaired) electrons. The second-order valence-corrected chi connectivity index (χ2v) is 9.64. The Morgan fingerprint density at radius 2 is 2.07 bits per heavy atom. The van der Waals surface area contributed by atoms with Crippen molar-refractivity contribution in [2.45, 2.75) is 24.5 Å². The van der Waals surface area contributed by atoms with E-state index >= 15 is 0 Å². The molecule has 0 saturated carbocycles. The lowest BCUT2D eigenvalue weighted by Gasteiger charge is -2.46. The average molecular weight is 464 g/mol. The molecule has 1 amide bonds. The van der Waals surface area contributed by atoms with Gasteiger partial charge >= 0.3 is 0 Å². The molecule has 2 fully saturated rings. The maximum Gasteiger partial charge on any atom is 0.264 e. The Hall–Kier alpha value is -0.973. The lowest BCUT2D eigenvalue weighted by atomic mass is 9.83. The van der Waals surface area contributed by atoms with Gasteiger partial charge in [-0.15, -0.1) is 0 Å². The quantitative estimate of drug-likeness (QED) is 0.484. The van der Waals surface area contributed by atoms with E-state index < -0.39 is 16.2 Å². The molecule has 1 aromatic rings. The van der Waals surface area contributed by atoms with Crippen LogP contribution in [0.2, 0.25) is 10.0 Å². The topological polar surface area (TPSA) is 82.1 Å². The minimum Gasteiger partial charge on any atom is -0.496 e. The normalized spacial score (nSPS) is 25.6. The van der Waals surface area contributed by atoms with Gasteiger partial charge in [-0.05, 0) is 18.6 Å². The molecule has 3 atom stereocenters. The van der Waals surface area contributed by atoms with E-state index in [0.29, 0.717) is 28.8 Å². The molecule has 2 aliphatic heterocycles. The monoisotopic (exact) mass is 463 g/mol. The highest BCUT2D eigenvalue weighted by molar-refractivity contribution is 7.85. The van der Waals surface area contributed by atoms with Gasteiger partial charge in [0.05, 0.1) is 36.1 Å². The van der Waals surface area contributed by atoms with E-state index in [1.54, 1.807) is 24.1 Å². The van der Waals surface area contributed by atoms with Crippen molar-refractivity contribution < 1.29 is 26.9 Å². The van der Waals surface area contributed by atoms with Crippen molar-refractivity contribution in [2.24, 2.45) is 0 Å². The Morgan fingerprint density at radius 3 is 2.71 bits per heavy atom. The zero-order valence-corrected chi connectivity index (χ0v) is 18.6. The summed E-state index contributed by atoms with van der Waals surface area (Å²) in [7, 11) is 1.60. The number of rotatable bonds is 5. The largest absolute Gasteiger partial charge is 0.496 e. The van der Waals surface area contributed by atoms with Crippen molar-refractivity contribution in [3.05, 3.63) is 27.7 Å². The van der Waals surface area contributed by atoms with Crippen LogP contribution < -0.4 is 4.74 Å². The molecule has 11 heteroatoms. The first-order chi connectivity index (χ1) is 13.1. The molecule has 0 spiro atoms. The molecule has 28 heavy (non-hydrogen) atoms. The summed E-state index contributed by atoms with van der Waals surface area (Å²) >= 11 is 12.7. The minimum atomic E-state index is -3.65. The SMILES string of the molecule is COc1ccc(Cl)c(Cl)c1[C@@H]1CCN2C(=O)C(COS(C)(=O)=O)OC[C@@H]2C1=[Si]. The van der Waals surface area contributed by atoms with Crippen molar-refractivity contribution in [3.8, 4) is 5.75 Å². The molecule has 3 rings (SSSR count). The summed E-state index contributed by atoms with van der Waals surface area (Å²) in [6.45, 7) is 0.321. The van der Waals surface area contributed by atoms with E-state index in [2.05, 4.69) is 9.85 Å². The fourth-order valence-corrected chi connectivity index (χ4v) is 4.89. The summed E-state index contributed by atoms with van der Waals surface area (Å²) in [5, 5.41) is 1.66. The Kier molecular flexibility index (Phi) is 6.53. The lowest BCUT2D eigenvalue weighted by molar-refractivity contribution is -0.159. The number of methoxy groups -OCH3 is 1. The van der Waals surface area contributed by atoms with E-state index in [0.717, 1.165) is 17.0 Å². The number of hydrogen-bond acceptors (Lipinski definition) is 6. The predicted molar refractivity (Wildman–Crippen MR) is 107 cm³/mol. The third-order valence-corrected chi connectivity index (χ3v) is 6.94. The van der Waals surface area contributed by atoms with Gasteiger partial charge in [0.25, 0.3) is 16.0 Å². The van der Waals surface area contributed by atoms with Crippen LogP contribution in [0.3, 0.4) is 0 Å². The van der Waals surface area contributed by atoms with E-state index in [-0.39, 0.29) is 31.1 Å². The summed E-state index contributed by atoms with van der Waals surface area (Å²) in [5.74, 6) is 0.184. The van der Waals surface area contributed by atoms with Crippen molar-refractivity contribution >= 4 is 54.3 Å². The predicted octanol–water partition coefficient (Wildman–Crippen LogP) is 1.40. The van der Waals surface area contributed by atoms with Gasteiger partial charge in [-0.2, -0.15) is 8.42 Å². The van der Waals surface area contributed by atoms with Crippen LogP contribution in [0.4, 0.5) is 0 Å². The van der Waals surface area contributed by atoms with Crippen molar-refractivity contribution in [3.63, 3.8) is 0 Å². The van der Waals surface area contributed by atoms with Gasteiger partial charge in [0.2, 0.25) is 0 Å². The molecule has 7 nitrogen and oxygen atoms in total. The smallest absolute Gasteiger partial charge is 0.264 e. The molecular weight excluding hydrogens is 445 g/mol. The van der Waals surface area contributed by atoms with Gasteiger partial charge in [0, 0.05) is 27.9 Å². The summed E-state index contributed by atoms with van der Waals surface area (Å²) < 4.78 is 38.2. The molecule has 0 aliphatic carbocycles. The van der Waals surface area contributed by atoms with Gasteiger partial charge < -0.3 is 14.4 Å². The summed E-state index contributed by atoms with van der Waals surface area (Å²) in [6, 6.07) is 3.11. The average Bonchev–Trinajstić information content (AvgIpc) is 2.63. The van der Waals surface area contributed by atoms with Crippen LogP contribution in [0.15, 0.2) is 12.1 Å². The van der Waals surface area contributed by atoms with E-state index in [4.69, 9.17) is 36.9 Å². The van der Waals surface area contributed by atoms with Crippen LogP contribution in [-0.2, 0) is 23.8 Å². The number of amides is 1. The number of carbonyl (C=O) groups is 1. The van der Waals surface area contributed by atoms with Gasteiger partial charge in [-0.3, -0.25) is 8.98 Å². The Labute approximate surface area is 177 Å². The van der Waals surface area contributed by atoms with Crippen LogP contribution in [0.25, 0.3) is 0 Å². The number of fused-ring (bicyclic) bond motifs is 1. The van der Waals surface area contributed by atoms with E-state index in [9.17, 15) is 13.2 Å². The molecular formula is C17H19Cl2NO6SSi.